The molecule has 0 spiro atoms. The molecule has 0 fully saturated rings. The van der Waals surface area contributed by atoms with Gasteiger partial charge < -0.3 is 15.2 Å². The molecule has 1 atom stereocenters. The maximum Gasteiger partial charge on any atom is 0.261 e. The van der Waals surface area contributed by atoms with Crippen LogP contribution in [0.1, 0.15) is 6.92 Å². The van der Waals surface area contributed by atoms with Gasteiger partial charge >= 0.3 is 0 Å². The first kappa shape index (κ1) is 11.7. The van der Waals surface area contributed by atoms with Crippen molar-refractivity contribution < 1.29 is 18.6 Å². The lowest BCUT2D eigenvalue weighted by Gasteiger charge is -2.06. The fourth-order valence-corrected chi connectivity index (χ4v) is 0.628. The van der Waals surface area contributed by atoms with Crippen molar-refractivity contribution in [2.45, 2.75) is 19.5 Å². The first-order chi connectivity index (χ1) is 5.63. The number of nitrogens with one attached hydrogen (secondary N) is 1. The fraction of sp³-hybridized carbons (Fsp3) is 1.00. The van der Waals surface area contributed by atoms with E-state index in [1.54, 1.807) is 6.92 Å². The number of halogens is 2. The maximum absolute atomic E-state index is 11.5. The Hall–Kier alpha value is -0.260. The second-order valence-corrected chi connectivity index (χ2v) is 2.52. The Labute approximate surface area is 70.7 Å². The third-order valence-corrected chi connectivity index (χ3v) is 1.11. The first-order valence-electron chi connectivity index (χ1n) is 3.87. The van der Waals surface area contributed by atoms with Crippen molar-refractivity contribution in [1.82, 2.24) is 5.32 Å². The lowest BCUT2D eigenvalue weighted by molar-refractivity contribution is 0.0182. The van der Waals surface area contributed by atoms with Crippen molar-refractivity contribution in [3.05, 3.63) is 0 Å². The first-order valence-corrected chi connectivity index (χ1v) is 3.87. The third-order valence-electron chi connectivity index (χ3n) is 1.11. The highest BCUT2D eigenvalue weighted by atomic mass is 19.3. The number of hydrogen-bond acceptors (Lipinski definition) is 3. The number of alkyl halides is 2. The van der Waals surface area contributed by atoms with Gasteiger partial charge in [0.2, 0.25) is 0 Å². The van der Waals surface area contributed by atoms with Crippen LogP contribution in [0.4, 0.5) is 8.78 Å². The molecule has 12 heavy (non-hydrogen) atoms. The molecule has 3 nitrogen and oxygen atoms in total. The lowest BCUT2D eigenvalue weighted by Crippen LogP contribution is -2.28. The molecule has 0 aromatic carbocycles. The Morgan fingerprint density at radius 1 is 1.50 bits per heavy atom. The quantitative estimate of drug-likeness (QED) is 0.555. The highest BCUT2D eigenvalue weighted by Gasteiger charge is 2.00. The molecule has 0 aliphatic carbocycles. The molecular weight excluding hydrogens is 168 g/mol. The monoisotopic (exact) mass is 183 g/mol. The summed E-state index contributed by atoms with van der Waals surface area (Å²) in [6, 6.07) is 0. The second-order valence-electron chi connectivity index (χ2n) is 2.52. The molecule has 0 bridgehead atoms. The predicted molar refractivity (Wildman–Crippen MR) is 41.4 cm³/mol. The summed E-state index contributed by atoms with van der Waals surface area (Å²) in [5, 5.41) is 11.6. The minimum Gasteiger partial charge on any atom is -0.392 e. The average molecular weight is 183 g/mol. The van der Waals surface area contributed by atoms with E-state index in [9.17, 15) is 8.78 Å². The molecule has 0 saturated heterocycles. The molecular formula is C7H15F2NO2. The Balaban J connectivity index is 2.91. The summed E-state index contributed by atoms with van der Waals surface area (Å²) in [4.78, 5) is 0. The van der Waals surface area contributed by atoms with E-state index in [1.165, 1.54) is 0 Å². The van der Waals surface area contributed by atoms with Gasteiger partial charge in [-0.25, -0.2) is 8.78 Å². The normalized spacial score (nSPS) is 13.8. The van der Waals surface area contributed by atoms with Crippen LogP contribution in [0.3, 0.4) is 0 Å². The van der Waals surface area contributed by atoms with Crippen molar-refractivity contribution in [3.63, 3.8) is 0 Å². The summed E-state index contributed by atoms with van der Waals surface area (Å²) < 4.78 is 27.6. The molecule has 0 rings (SSSR count). The smallest absolute Gasteiger partial charge is 0.261 e. The van der Waals surface area contributed by atoms with Crippen molar-refractivity contribution >= 4 is 0 Å². The molecule has 0 radical (unpaired) electrons. The second kappa shape index (κ2) is 7.39. The number of aliphatic hydroxyl groups excluding tert-OH is 1. The van der Waals surface area contributed by atoms with E-state index in [-0.39, 0.29) is 6.61 Å². The van der Waals surface area contributed by atoms with Gasteiger partial charge in [0.25, 0.3) is 6.43 Å². The van der Waals surface area contributed by atoms with Gasteiger partial charge in [-0.2, -0.15) is 0 Å². The standard InChI is InChI=1S/C7H15F2NO2/c1-6(11)4-10-2-3-12-5-7(8)9/h6-7,10-11H,2-5H2,1H3/t6-/m1/s1. The Morgan fingerprint density at radius 3 is 2.67 bits per heavy atom. The molecule has 0 aliphatic heterocycles. The van der Waals surface area contributed by atoms with Gasteiger partial charge in [-0.05, 0) is 6.92 Å². The zero-order chi connectivity index (χ0) is 9.40. The number of ether oxygens (including phenoxy) is 1. The summed E-state index contributed by atoms with van der Waals surface area (Å²) >= 11 is 0. The van der Waals surface area contributed by atoms with Gasteiger partial charge in [0, 0.05) is 13.1 Å². The largest absolute Gasteiger partial charge is 0.392 e. The van der Waals surface area contributed by atoms with Crippen molar-refractivity contribution in [2.75, 3.05) is 26.3 Å². The van der Waals surface area contributed by atoms with Crippen LogP contribution in [-0.4, -0.2) is 43.9 Å². The number of rotatable bonds is 7. The van der Waals surface area contributed by atoms with E-state index < -0.39 is 19.1 Å². The van der Waals surface area contributed by atoms with Gasteiger partial charge in [-0.3, -0.25) is 0 Å². The minimum atomic E-state index is -2.40. The van der Waals surface area contributed by atoms with Crippen LogP contribution in [0.2, 0.25) is 0 Å². The fourth-order valence-electron chi connectivity index (χ4n) is 0.628. The molecule has 5 heteroatoms. The van der Waals surface area contributed by atoms with E-state index in [0.29, 0.717) is 13.1 Å². The molecule has 0 heterocycles. The molecule has 0 aliphatic rings. The van der Waals surface area contributed by atoms with E-state index in [4.69, 9.17) is 5.11 Å². The Bertz CT molecular complexity index is 89.4. The summed E-state index contributed by atoms with van der Waals surface area (Å²) in [7, 11) is 0. The van der Waals surface area contributed by atoms with Crippen LogP contribution < -0.4 is 5.32 Å². The zero-order valence-electron chi connectivity index (χ0n) is 7.09. The number of hydrogen-bond donors (Lipinski definition) is 2. The SMILES string of the molecule is C[C@@H](O)CNCCOCC(F)F. The van der Waals surface area contributed by atoms with Crippen LogP contribution in [0.25, 0.3) is 0 Å². The molecule has 0 aromatic rings. The maximum atomic E-state index is 11.5. The molecule has 0 saturated carbocycles. The van der Waals surface area contributed by atoms with E-state index in [0.717, 1.165) is 0 Å². The van der Waals surface area contributed by atoms with Crippen LogP contribution in [0.5, 0.6) is 0 Å². The Kier molecular flexibility index (Phi) is 7.23. The average Bonchev–Trinajstić information content (AvgIpc) is 1.95. The summed E-state index contributed by atoms with van der Waals surface area (Å²) in [6.07, 6.45) is -2.82. The Morgan fingerprint density at radius 2 is 2.17 bits per heavy atom. The van der Waals surface area contributed by atoms with Crippen LogP contribution in [0.15, 0.2) is 0 Å². The van der Waals surface area contributed by atoms with Gasteiger partial charge in [-0.1, -0.05) is 0 Å². The highest BCUT2D eigenvalue weighted by Crippen LogP contribution is 1.91. The highest BCUT2D eigenvalue weighted by molar-refractivity contribution is 4.51. The van der Waals surface area contributed by atoms with Gasteiger partial charge in [0.15, 0.2) is 0 Å². The van der Waals surface area contributed by atoms with Gasteiger partial charge in [0.1, 0.15) is 6.61 Å². The van der Waals surface area contributed by atoms with E-state index in [2.05, 4.69) is 10.1 Å². The van der Waals surface area contributed by atoms with Gasteiger partial charge in [0.05, 0.1) is 12.7 Å². The molecule has 2 N–H and O–H groups in total. The molecule has 0 unspecified atom stereocenters. The van der Waals surface area contributed by atoms with E-state index in [1.807, 2.05) is 0 Å². The lowest BCUT2D eigenvalue weighted by atomic mass is 10.4. The third kappa shape index (κ3) is 9.74. The topological polar surface area (TPSA) is 41.5 Å². The van der Waals surface area contributed by atoms with Gasteiger partial charge in [-0.15, -0.1) is 0 Å². The summed E-state index contributed by atoms with van der Waals surface area (Å²) in [6.45, 7) is 2.32. The molecule has 0 aromatic heterocycles. The minimum absolute atomic E-state index is 0.247. The molecule has 0 amide bonds. The van der Waals surface area contributed by atoms with Crippen molar-refractivity contribution in [3.8, 4) is 0 Å². The van der Waals surface area contributed by atoms with Crippen molar-refractivity contribution in [1.29, 1.82) is 0 Å². The predicted octanol–water partition coefficient (Wildman–Crippen LogP) is 0.238. The molecule has 74 valence electrons. The van der Waals surface area contributed by atoms with Crippen LogP contribution in [-0.2, 0) is 4.74 Å². The number of aliphatic hydroxyl groups is 1. The van der Waals surface area contributed by atoms with E-state index >= 15 is 0 Å². The summed E-state index contributed by atoms with van der Waals surface area (Å²) in [5.74, 6) is 0. The zero-order valence-corrected chi connectivity index (χ0v) is 7.09. The summed E-state index contributed by atoms with van der Waals surface area (Å²) in [5.41, 5.74) is 0. The van der Waals surface area contributed by atoms with Crippen LogP contribution >= 0.6 is 0 Å². The van der Waals surface area contributed by atoms with Crippen LogP contribution in [0, 0.1) is 0 Å². The van der Waals surface area contributed by atoms with Crippen molar-refractivity contribution in [2.24, 2.45) is 0 Å².